The maximum atomic E-state index is 12.7. The van der Waals surface area contributed by atoms with Gasteiger partial charge in [0.25, 0.3) is 5.91 Å². The molecule has 3 rings (SSSR count). The van der Waals surface area contributed by atoms with E-state index in [2.05, 4.69) is 10.4 Å². The van der Waals surface area contributed by atoms with Crippen molar-refractivity contribution in [3.05, 3.63) is 71.0 Å². The zero-order chi connectivity index (χ0) is 21.0. The first kappa shape index (κ1) is 20.5. The molecule has 0 aliphatic heterocycles. The molecular formula is C23H27N3O3. The number of anilines is 1. The Hall–Kier alpha value is -3.28. The number of ether oxygens (including phenoxy) is 2. The molecule has 29 heavy (non-hydrogen) atoms. The van der Waals surface area contributed by atoms with E-state index < -0.39 is 0 Å². The van der Waals surface area contributed by atoms with Gasteiger partial charge in [0.15, 0.2) is 0 Å². The maximum absolute atomic E-state index is 12.7. The highest BCUT2D eigenvalue weighted by atomic mass is 16.5. The number of nitrogens with one attached hydrogen (secondary N) is 1. The Balaban J connectivity index is 1.75. The highest BCUT2D eigenvalue weighted by molar-refractivity contribution is 6.04. The molecule has 0 aliphatic rings. The van der Waals surface area contributed by atoms with Gasteiger partial charge in [0.1, 0.15) is 11.5 Å². The van der Waals surface area contributed by atoms with Gasteiger partial charge in [-0.2, -0.15) is 5.10 Å². The Morgan fingerprint density at radius 2 is 1.83 bits per heavy atom. The Labute approximate surface area is 171 Å². The van der Waals surface area contributed by atoms with Gasteiger partial charge in [-0.05, 0) is 69.7 Å². The van der Waals surface area contributed by atoms with Crippen LogP contribution in [0.25, 0.3) is 0 Å². The second-order valence-electron chi connectivity index (χ2n) is 7.20. The molecule has 0 atom stereocenters. The average molecular weight is 393 g/mol. The molecule has 0 saturated heterocycles. The third-order valence-corrected chi connectivity index (χ3v) is 4.57. The van der Waals surface area contributed by atoms with Gasteiger partial charge in [0.05, 0.1) is 36.8 Å². The van der Waals surface area contributed by atoms with Gasteiger partial charge in [-0.15, -0.1) is 0 Å². The second kappa shape index (κ2) is 8.82. The van der Waals surface area contributed by atoms with E-state index >= 15 is 0 Å². The number of amides is 1. The topological polar surface area (TPSA) is 65.4 Å². The molecule has 3 aromatic rings. The predicted octanol–water partition coefficient (Wildman–Crippen LogP) is 4.60. The molecule has 0 spiro atoms. The van der Waals surface area contributed by atoms with Crippen LogP contribution >= 0.6 is 0 Å². The van der Waals surface area contributed by atoms with Crippen molar-refractivity contribution in [1.29, 1.82) is 0 Å². The summed E-state index contributed by atoms with van der Waals surface area (Å²) in [7, 11) is 1.65. The summed E-state index contributed by atoms with van der Waals surface area (Å²) in [5, 5.41) is 7.59. The first-order valence-corrected chi connectivity index (χ1v) is 9.62. The summed E-state index contributed by atoms with van der Waals surface area (Å²) in [4.78, 5) is 12.7. The highest BCUT2D eigenvalue weighted by Crippen LogP contribution is 2.23. The summed E-state index contributed by atoms with van der Waals surface area (Å²) in [5.74, 6) is 1.38. The third-order valence-electron chi connectivity index (χ3n) is 4.57. The molecule has 0 radical (unpaired) electrons. The quantitative estimate of drug-likeness (QED) is 0.637. The smallest absolute Gasteiger partial charge is 0.255 e. The summed E-state index contributed by atoms with van der Waals surface area (Å²) in [6.07, 6.45) is 0.0930. The lowest BCUT2D eigenvalue weighted by Gasteiger charge is -2.11. The van der Waals surface area contributed by atoms with E-state index in [1.165, 1.54) is 0 Å². The van der Waals surface area contributed by atoms with Crippen molar-refractivity contribution in [3.63, 3.8) is 0 Å². The van der Waals surface area contributed by atoms with E-state index in [1.807, 2.05) is 56.6 Å². The lowest BCUT2D eigenvalue weighted by molar-refractivity contribution is 0.102. The Kier molecular flexibility index (Phi) is 6.22. The number of rotatable bonds is 7. The first-order chi connectivity index (χ1) is 13.9. The van der Waals surface area contributed by atoms with Gasteiger partial charge in [-0.1, -0.05) is 12.1 Å². The number of hydrogen-bond donors (Lipinski definition) is 1. The molecule has 0 bridgehead atoms. The van der Waals surface area contributed by atoms with E-state index in [9.17, 15) is 4.79 Å². The van der Waals surface area contributed by atoms with Crippen molar-refractivity contribution in [2.75, 3.05) is 12.4 Å². The average Bonchev–Trinajstić information content (AvgIpc) is 2.95. The largest absolute Gasteiger partial charge is 0.497 e. The lowest BCUT2D eigenvalue weighted by atomic mass is 10.2. The van der Waals surface area contributed by atoms with Crippen LogP contribution < -0.4 is 14.8 Å². The Bertz CT molecular complexity index is 991. The molecular weight excluding hydrogens is 366 g/mol. The van der Waals surface area contributed by atoms with Crippen molar-refractivity contribution in [2.45, 2.75) is 40.3 Å². The third kappa shape index (κ3) is 4.96. The van der Waals surface area contributed by atoms with Gasteiger partial charge in [0.2, 0.25) is 0 Å². The molecule has 1 heterocycles. The number of carbonyl (C=O) groups is 1. The number of benzene rings is 2. The maximum Gasteiger partial charge on any atom is 0.255 e. The van der Waals surface area contributed by atoms with E-state index in [4.69, 9.17) is 9.47 Å². The van der Waals surface area contributed by atoms with Gasteiger partial charge >= 0.3 is 0 Å². The van der Waals surface area contributed by atoms with Crippen LogP contribution in [0, 0.1) is 13.8 Å². The highest BCUT2D eigenvalue weighted by Gasteiger charge is 2.16. The van der Waals surface area contributed by atoms with Crippen LogP contribution in [0.1, 0.15) is 41.2 Å². The zero-order valence-electron chi connectivity index (χ0n) is 17.5. The summed E-state index contributed by atoms with van der Waals surface area (Å²) in [6.45, 7) is 8.38. The molecule has 6 heteroatoms. The van der Waals surface area contributed by atoms with Gasteiger partial charge in [0, 0.05) is 5.56 Å². The number of aryl methyl sites for hydroxylation is 1. The fourth-order valence-corrected chi connectivity index (χ4v) is 3.12. The summed E-state index contributed by atoms with van der Waals surface area (Å²) in [6, 6.07) is 15.0. The minimum absolute atomic E-state index is 0.0930. The standard InChI is InChI=1S/C23H27N3O3/c1-15(2)29-20-11-9-19(10-12-20)23(27)24-22-16(3)25-26(17(22)4)14-18-7-6-8-21(13-18)28-5/h6-13,15H,14H2,1-5H3,(H,24,27). The van der Waals surface area contributed by atoms with Crippen LogP contribution in [0.2, 0.25) is 0 Å². The van der Waals surface area contributed by atoms with Crippen LogP contribution in [0.5, 0.6) is 11.5 Å². The number of aromatic nitrogens is 2. The van der Waals surface area contributed by atoms with Crippen LogP contribution in [-0.4, -0.2) is 28.9 Å². The fourth-order valence-electron chi connectivity index (χ4n) is 3.12. The number of hydrogen-bond acceptors (Lipinski definition) is 4. The fraction of sp³-hybridized carbons (Fsp3) is 0.304. The molecule has 1 amide bonds. The van der Waals surface area contributed by atoms with Crippen molar-refractivity contribution in [1.82, 2.24) is 9.78 Å². The van der Waals surface area contributed by atoms with Gasteiger partial charge in [-0.25, -0.2) is 0 Å². The molecule has 6 nitrogen and oxygen atoms in total. The van der Waals surface area contributed by atoms with Crippen LogP contribution in [0.15, 0.2) is 48.5 Å². The molecule has 0 fully saturated rings. The van der Waals surface area contributed by atoms with Crippen LogP contribution in [-0.2, 0) is 6.54 Å². The molecule has 1 aromatic heterocycles. The monoisotopic (exact) mass is 393 g/mol. The van der Waals surface area contributed by atoms with E-state index in [0.717, 1.165) is 34.1 Å². The zero-order valence-corrected chi connectivity index (χ0v) is 17.5. The van der Waals surface area contributed by atoms with E-state index in [0.29, 0.717) is 12.1 Å². The molecule has 152 valence electrons. The Morgan fingerprint density at radius 3 is 2.48 bits per heavy atom. The Morgan fingerprint density at radius 1 is 1.10 bits per heavy atom. The van der Waals surface area contributed by atoms with Crippen molar-refractivity contribution >= 4 is 11.6 Å². The minimum atomic E-state index is -0.173. The lowest BCUT2D eigenvalue weighted by Crippen LogP contribution is -2.13. The molecule has 0 aliphatic carbocycles. The summed E-state index contributed by atoms with van der Waals surface area (Å²) < 4.78 is 12.8. The predicted molar refractivity (Wildman–Crippen MR) is 114 cm³/mol. The van der Waals surface area contributed by atoms with E-state index in [1.54, 1.807) is 31.4 Å². The van der Waals surface area contributed by atoms with Crippen LogP contribution in [0.3, 0.4) is 0 Å². The summed E-state index contributed by atoms with van der Waals surface area (Å²) in [5.41, 5.74) is 4.06. The molecule has 0 saturated carbocycles. The number of carbonyl (C=O) groups excluding carboxylic acids is 1. The summed E-state index contributed by atoms with van der Waals surface area (Å²) >= 11 is 0. The van der Waals surface area contributed by atoms with Crippen molar-refractivity contribution < 1.29 is 14.3 Å². The number of methoxy groups -OCH3 is 1. The van der Waals surface area contributed by atoms with Gasteiger partial charge in [-0.3, -0.25) is 9.48 Å². The van der Waals surface area contributed by atoms with Gasteiger partial charge < -0.3 is 14.8 Å². The SMILES string of the molecule is COc1cccc(Cn2nc(C)c(NC(=O)c3ccc(OC(C)C)cc3)c2C)c1. The molecule has 0 unspecified atom stereocenters. The van der Waals surface area contributed by atoms with E-state index in [-0.39, 0.29) is 12.0 Å². The molecule has 2 aromatic carbocycles. The van der Waals surface area contributed by atoms with Crippen molar-refractivity contribution in [3.8, 4) is 11.5 Å². The van der Waals surface area contributed by atoms with Crippen LogP contribution in [0.4, 0.5) is 5.69 Å². The number of nitrogens with zero attached hydrogens (tertiary/aromatic N) is 2. The second-order valence-corrected chi connectivity index (χ2v) is 7.20. The first-order valence-electron chi connectivity index (χ1n) is 9.62. The molecule has 1 N–H and O–H groups in total. The minimum Gasteiger partial charge on any atom is -0.497 e. The van der Waals surface area contributed by atoms with Crippen molar-refractivity contribution in [2.24, 2.45) is 0 Å². The normalized spacial score (nSPS) is 10.8.